The Morgan fingerprint density at radius 1 is 1.44 bits per heavy atom. The molecule has 1 N–H and O–H groups in total. The van der Waals surface area contributed by atoms with E-state index >= 15 is 0 Å². The monoisotopic (exact) mass is 227 g/mol. The van der Waals surface area contributed by atoms with Crippen LogP contribution >= 0.6 is 0 Å². The summed E-state index contributed by atoms with van der Waals surface area (Å²) in [5, 5.41) is 8.42. The number of carbonyl (C=O) groups is 2. The fourth-order valence-electron chi connectivity index (χ4n) is 1.79. The number of methoxy groups -OCH3 is 1. The van der Waals surface area contributed by atoms with Crippen LogP contribution in [0.25, 0.3) is 0 Å². The van der Waals surface area contributed by atoms with Crippen molar-refractivity contribution in [1.82, 2.24) is 4.90 Å². The maximum Gasteiger partial charge on any atom is 0.328 e. The average Bonchev–Trinajstić information content (AvgIpc) is 2.26. The molecule has 5 heteroatoms. The summed E-state index contributed by atoms with van der Waals surface area (Å²) in [6.45, 7) is 3.27. The maximum absolute atomic E-state index is 11.6. The molecule has 1 fully saturated rings. The normalized spacial score (nSPS) is 26.0. The molecule has 16 heavy (non-hydrogen) atoms. The first kappa shape index (κ1) is 12.7. The van der Waals surface area contributed by atoms with Crippen LogP contribution in [0, 0.1) is 5.92 Å². The van der Waals surface area contributed by atoms with Gasteiger partial charge in [-0.15, -0.1) is 0 Å². The molecule has 1 heterocycles. The third-order valence-electron chi connectivity index (χ3n) is 2.87. The van der Waals surface area contributed by atoms with Crippen molar-refractivity contribution in [2.45, 2.75) is 19.4 Å². The molecule has 2 unspecified atom stereocenters. The lowest BCUT2D eigenvalue weighted by Crippen LogP contribution is -2.46. The van der Waals surface area contributed by atoms with Gasteiger partial charge in [-0.1, -0.05) is 6.92 Å². The Hall–Kier alpha value is -1.36. The van der Waals surface area contributed by atoms with Crippen LogP contribution in [-0.2, 0) is 14.3 Å². The number of rotatable bonds is 3. The maximum atomic E-state index is 11.6. The van der Waals surface area contributed by atoms with Crippen molar-refractivity contribution in [1.29, 1.82) is 0 Å². The summed E-state index contributed by atoms with van der Waals surface area (Å²) in [6.07, 6.45) is 2.87. The fourth-order valence-corrected chi connectivity index (χ4v) is 1.79. The lowest BCUT2D eigenvalue weighted by Gasteiger charge is -2.35. The topological polar surface area (TPSA) is 66.8 Å². The molecule has 0 saturated carbocycles. The zero-order valence-corrected chi connectivity index (χ0v) is 9.55. The van der Waals surface area contributed by atoms with E-state index in [0.717, 1.165) is 18.6 Å². The molecule has 1 aliphatic heterocycles. The van der Waals surface area contributed by atoms with Gasteiger partial charge in [-0.25, -0.2) is 4.79 Å². The summed E-state index contributed by atoms with van der Waals surface area (Å²) in [6, 6.07) is 0. The van der Waals surface area contributed by atoms with Crippen molar-refractivity contribution in [3.63, 3.8) is 0 Å². The quantitative estimate of drug-likeness (QED) is 0.713. The van der Waals surface area contributed by atoms with Gasteiger partial charge in [-0.3, -0.25) is 4.79 Å². The zero-order valence-electron chi connectivity index (χ0n) is 9.55. The molecule has 0 bridgehead atoms. The van der Waals surface area contributed by atoms with Gasteiger partial charge in [0.25, 0.3) is 0 Å². The SMILES string of the molecule is COC1CN(C(=O)/C=C/C(=O)O)CCC1C. The van der Waals surface area contributed by atoms with Crippen LogP contribution in [0.2, 0.25) is 0 Å². The van der Waals surface area contributed by atoms with Crippen molar-refractivity contribution < 1.29 is 19.4 Å². The van der Waals surface area contributed by atoms with Crippen LogP contribution in [0.3, 0.4) is 0 Å². The van der Waals surface area contributed by atoms with Crippen LogP contribution < -0.4 is 0 Å². The summed E-state index contributed by atoms with van der Waals surface area (Å²) in [7, 11) is 1.63. The molecule has 0 radical (unpaired) electrons. The minimum Gasteiger partial charge on any atom is -0.478 e. The van der Waals surface area contributed by atoms with Crippen LogP contribution in [-0.4, -0.2) is 48.2 Å². The molecule has 0 aromatic rings. The minimum atomic E-state index is -1.11. The van der Waals surface area contributed by atoms with Gasteiger partial charge in [0.05, 0.1) is 6.10 Å². The Labute approximate surface area is 94.7 Å². The van der Waals surface area contributed by atoms with E-state index in [1.807, 2.05) is 0 Å². The van der Waals surface area contributed by atoms with Gasteiger partial charge in [0.1, 0.15) is 0 Å². The summed E-state index contributed by atoms with van der Waals surface area (Å²) in [4.78, 5) is 23.5. The number of carboxylic acid groups (broad SMARTS) is 1. The van der Waals surface area contributed by atoms with Crippen LogP contribution in [0.1, 0.15) is 13.3 Å². The summed E-state index contributed by atoms with van der Waals surface area (Å²) < 4.78 is 5.28. The van der Waals surface area contributed by atoms with Gasteiger partial charge >= 0.3 is 5.97 Å². The number of nitrogens with zero attached hydrogens (tertiary/aromatic N) is 1. The van der Waals surface area contributed by atoms with Crippen LogP contribution in [0.4, 0.5) is 0 Å². The Bertz CT molecular complexity index is 300. The third kappa shape index (κ3) is 3.34. The molecule has 5 nitrogen and oxygen atoms in total. The molecule has 1 amide bonds. The van der Waals surface area contributed by atoms with E-state index in [9.17, 15) is 9.59 Å². The Kier molecular flexibility index (Phi) is 4.49. The molecule has 0 spiro atoms. The third-order valence-corrected chi connectivity index (χ3v) is 2.87. The number of carboxylic acids is 1. The molecule has 2 atom stereocenters. The van der Waals surface area contributed by atoms with Gasteiger partial charge in [0.2, 0.25) is 5.91 Å². The number of amides is 1. The van der Waals surface area contributed by atoms with Crippen molar-refractivity contribution >= 4 is 11.9 Å². The van der Waals surface area contributed by atoms with Crippen molar-refractivity contribution in [3.8, 4) is 0 Å². The van der Waals surface area contributed by atoms with E-state index in [-0.39, 0.29) is 12.0 Å². The number of likely N-dealkylation sites (tertiary alicyclic amines) is 1. The van der Waals surface area contributed by atoms with Gasteiger partial charge in [-0.2, -0.15) is 0 Å². The molecule has 0 aromatic carbocycles. The Morgan fingerprint density at radius 2 is 2.12 bits per heavy atom. The summed E-state index contributed by atoms with van der Waals surface area (Å²) >= 11 is 0. The van der Waals surface area contributed by atoms with Gasteiger partial charge in [0, 0.05) is 32.4 Å². The molecule has 1 rings (SSSR count). The van der Waals surface area contributed by atoms with Crippen molar-refractivity contribution in [3.05, 3.63) is 12.2 Å². The molecule has 0 aromatic heterocycles. The molecular weight excluding hydrogens is 210 g/mol. The molecule has 1 aliphatic rings. The lowest BCUT2D eigenvalue weighted by molar-refractivity contribution is -0.133. The standard InChI is InChI=1S/C11H17NO4/c1-8-5-6-12(7-9(8)16-2)10(13)3-4-11(14)15/h3-4,8-9H,5-7H2,1-2H3,(H,14,15)/b4-3+. The fraction of sp³-hybridized carbons (Fsp3) is 0.636. The van der Waals surface area contributed by atoms with E-state index in [1.165, 1.54) is 0 Å². The van der Waals surface area contributed by atoms with E-state index < -0.39 is 5.97 Å². The highest BCUT2D eigenvalue weighted by Crippen LogP contribution is 2.19. The second-order valence-electron chi connectivity index (χ2n) is 4.00. The minimum absolute atomic E-state index is 0.0379. The van der Waals surface area contributed by atoms with E-state index in [2.05, 4.69) is 6.92 Å². The summed E-state index contributed by atoms with van der Waals surface area (Å²) in [5.74, 6) is -0.948. The molecule has 0 aliphatic carbocycles. The second-order valence-corrected chi connectivity index (χ2v) is 4.00. The number of ether oxygens (including phenoxy) is 1. The smallest absolute Gasteiger partial charge is 0.328 e. The number of aliphatic carboxylic acids is 1. The predicted molar refractivity (Wildman–Crippen MR) is 57.9 cm³/mol. The van der Waals surface area contributed by atoms with Crippen molar-refractivity contribution in [2.75, 3.05) is 20.2 Å². The molecule has 90 valence electrons. The van der Waals surface area contributed by atoms with Gasteiger partial charge in [0.15, 0.2) is 0 Å². The summed E-state index contributed by atoms with van der Waals surface area (Å²) in [5.41, 5.74) is 0. The second kappa shape index (κ2) is 5.65. The van der Waals surface area contributed by atoms with E-state index in [1.54, 1.807) is 12.0 Å². The first-order chi connectivity index (χ1) is 7.54. The average molecular weight is 227 g/mol. The molecule has 1 saturated heterocycles. The predicted octanol–water partition coefficient (Wildman–Crippen LogP) is 0.511. The Balaban J connectivity index is 2.55. The first-order valence-corrected chi connectivity index (χ1v) is 5.27. The highest BCUT2D eigenvalue weighted by atomic mass is 16.5. The Morgan fingerprint density at radius 3 is 2.69 bits per heavy atom. The van der Waals surface area contributed by atoms with Crippen molar-refractivity contribution in [2.24, 2.45) is 5.92 Å². The van der Waals surface area contributed by atoms with E-state index in [0.29, 0.717) is 19.0 Å². The van der Waals surface area contributed by atoms with E-state index in [4.69, 9.17) is 9.84 Å². The molecular formula is C11H17NO4. The van der Waals surface area contributed by atoms with Gasteiger partial charge in [-0.05, 0) is 12.3 Å². The highest BCUT2D eigenvalue weighted by Gasteiger charge is 2.27. The largest absolute Gasteiger partial charge is 0.478 e. The first-order valence-electron chi connectivity index (χ1n) is 5.27. The number of hydrogen-bond acceptors (Lipinski definition) is 3. The van der Waals surface area contributed by atoms with Gasteiger partial charge < -0.3 is 14.7 Å². The number of carbonyl (C=O) groups excluding carboxylic acids is 1. The highest BCUT2D eigenvalue weighted by molar-refractivity contribution is 5.93. The van der Waals surface area contributed by atoms with Crippen LogP contribution in [0.5, 0.6) is 0 Å². The number of hydrogen-bond donors (Lipinski definition) is 1. The zero-order chi connectivity index (χ0) is 12.1. The number of piperidine rings is 1. The lowest BCUT2D eigenvalue weighted by atomic mass is 9.96. The van der Waals surface area contributed by atoms with Crippen LogP contribution in [0.15, 0.2) is 12.2 Å².